The Morgan fingerprint density at radius 3 is 2.79 bits per heavy atom. The predicted molar refractivity (Wildman–Crippen MR) is 69.9 cm³/mol. The van der Waals surface area contributed by atoms with Crippen molar-refractivity contribution in [2.75, 3.05) is 5.75 Å². The molecule has 0 aromatic carbocycles. The molecular formula is C11H15N3O4S. The zero-order valence-electron chi connectivity index (χ0n) is 10.2. The highest BCUT2D eigenvalue weighted by Crippen LogP contribution is 2.14. The average molecular weight is 285 g/mol. The number of rotatable bonds is 8. The number of amides is 1. The van der Waals surface area contributed by atoms with Crippen molar-refractivity contribution >= 4 is 23.6 Å². The van der Waals surface area contributed by atoms with Gasteiger partial charge in [0.15, 0.2) is 5.16 Å². The number of carboxylic acid groups (broad SMARTS) is 1. The summed E-state index contributed by atoms with van der Waals surface area (Å²) >= 11 is 0.994. The predicted octanol–water partition coefficient (Wildman–Crippen LogP) is 0.0756. The van der Waals surface area contributed by atoms with Gasteiger partial charge in [-0.25, -0.2) is 0 Å². The van der Waals surface area contributed by atoms with Crippen LogP contribution in [0.3, 0.4) is 0 Å². The molecule has 0 atom stereocenters. The summed E-state index contributed by atoms with van der Waals surface area (Å²) in [6, 6.07) is 1.32. The molecule has 0 unspecified atom stereocenters. The first-order valence-corrected chi connectivity index (χ1v) is 6.68. The van der Waals surface area contributed by atoms with E-state index in [9.17, 15) is 14.4 Å². The highest BCUT2D eigenvalue weighted by atomic mass is 32.2. The van der Waals surface area contributed by atoms with E-state index >= 15 is 0 Å². The summed E-state index contributed by atoms with van der Waals surface area (Å²) in [6.45, 7) is 0.558. The Kier molecular flexibility index (Phi) is 6.07. The largest absolute Gasteiger partial charge is 0.481 e. The zero-order valence-corrected chi connectivity index (χ0v) is 11.1. The average Bonchev–Trinajstić information content (AvgIpc) is 2.33. The third-order valence-electron chi connectivity index (χ3n) is 2.25. The third kappa shape index (κ3) is 6.05. The normalized spacial score (nSPS) is 10.3. The van der Waals surface area contributed by atoms with Crippen LogP contribution in [-0.4, -0.2) is 32.3 Å². The minimum absolute atomic E-state index is 0.155. The van der Waals surface area contributed by atoms with Crippen molar-refractivity contribution in [1.82, 2.24) is 9.55 Å². The number of aliphatic carboxylic acids is 1. The number of hydrogen-bond donors (Lipinski definition) is 2. The van der Waals surface area contributed by atoms with Crippen molar-refractivity contribution < 1.29 is 14.7 Å². The molecule has 0 radical (unpaired) electrons. The fourth-order valence-electron chi connectivity index (χ4n) is 1.41. The van der Waals surface area contributed by atoms with Gasteiger partial charge in [-0.3, -0.25) is 14.4 Å². The van der Waals surface area contributed by atoms with Crippen LogP contribution < -0.4 is 11.3 Å². The van der Waals surface area contributed by atoms with E-state index < -0.39 is 11.5 Å². The molecule has 1 amide bonds. The minimum Gasteiger partial charge on any atom is -0.481 e. The van der Waals surface area contributed by atoms with E-state index in [0.717, 1.165) is 11.8 Å². The molecule has 1 aromatic rings. The van der Waals surface area contributed by atoms with E-state index in [-0.39, 0.29) is 11.7 Å². The molecule has 0 aliphatic heterocycles. The smallest absolute Gasteiger partial charge is 0.313 e. The van der Waals surface area contributed by atoms with Crippen LogP contribution in [0.4, 0.5) is 0 Å². The molecular weight excluding hydrogens is 270 g/mol. The molecule has 104 valence electrons. The van der Waals surface area contributed by atoms with Crippen LogP contribution in [0.5, 0.6) is 0 Å². The maximum atomic E-state index is 11.2. The Hall–Kier alpha value is -1.83. The van der Waals surface area contributed by atoms with Crippen molar-refractivity contribution in [2.45, 2.75) is 31.0 Å². The summed E-state index contributed by atoms with van der Waals surface area (Å²) in [5.74, 6) is -1.47. The number of carbonyl (C=O) groups is 2. The fraction of sp³-hybridized carbons (Fsp3) is 0.455. The molecule has 0 aliphatic carbocycles. The Morgan fingerprint density at radius 2 is 2.16 bits per heavy atom. The molecule has 7 nitrogen and oxygen atoms in total. The van der Waals surface area contributed by atoms with Crippen molar-refractivity contribution in [3.05, 3.63) is 22.6 Å². The van der Waals surface area contributed by atoms with Crippen LogP contribution in [0.1, 0.15) is 19.3 Å². The van der Waals surface area contributed by atoms with Gasteiger partial charge in [0.25, 0.3) is 5.56 Å². The highest BCUT2D eigenvalue weighted by molar-refractivity contribution is 7.99. The molecule has 19 heavy (non-hydrogen) atoms. The quantitative estimate of drug-likeness (QED) is 0.397. The lowest BCUT2D eigenvalue weighted by molar-refractivity contribution is -0.133. The Bertz CT molecular complexity index is 515. The van der Waals surface area contributed by atoms with Gasteiger partial charge >= 0.3 is 5.97 Å². The molecule has 8 heteroatoms. The number of unbranched alkanes of at least 4 members (excludes halogenated alkanes) is 1. The van der Waals surface area contributed by atoms with Crippen LogP contribution in [-0.2, 0) is 16.1 Å². The summed E-state index contributed by atoms with van der Waals surface area (Å²) < 4.78 is 1.70. The number of carboxylic acids is 1. The number of primary amides is 1. The van der Waals surface area contributed by atoms with Crippen LogP contribution in [0.2, 0.25) is 0 Å². The number of hydrogen-bond acceptors (Lipinski definition) is 5. The van der Waals surface area contributed by atoms with E-state index in [1.54, 1.807) is 10.8 Å². The monoisotopic (exact) mass is 285 g/mol. The van der Waals surface area contributed by atoms with Crippen molar-refractivity contribution in [3.8, 4) is 0 Å². The Morgan fingerprint density at radius 1 is 1.42 bits per heavy atom. The first-order chi connectivity index (χ1) is 8.99. The maximum absolute atomic E-state index is 11.2. The number of carbonyl (C=O) groups excluding carboxylic acids is 1. The molecule has 0 fully saturated rings. The number of nitrogens with zero attached hydrogens (tertiary/aromatic N) is 2. The Labute approximate surface area is 113 Å². The molecule has 0 saturated carbocycles. The molecule has 0 bridgehead atoms. The van der Waals surface area contributed by atoms with Gasteiger partial charge in [-0.05, 0) is 12.8 Å². The van der Waals surface area contributed by atoms with E-state index in [1.807, 2.05) is 0 Å². The van der Waals surface area contributed by atoms with Crippen molar-refractivity contribution in [2.24, 2.45) is 5.73 Å². The molecule has 3 N–H and O–H groups in total. The first kappa shape index (κ1) is 15.2. The molecule has 1 rings (SSSR count). The number of aryl methyl sites for hydroxylation is 1. The van der Waals surface area contributed by atoms with Gasteiger partial charge in [0.05, 0.1) is 5.75 Å². The van der Waals surface area contributed by atoms with Gasteiger partial charge in [0.1, 0.15) is 0 Å². The second-order valence-corrected chi connectivity index (χ2v) is 4.79. The number of thioether (sulfide) groups is 1. The van der Waals surface area contributed by atoms with Gasteiger partial charge in [0.2, 0.25) is 5.91 Å². The Balaban J connectivity index is 2.62. The summed E-state index contributed by atoms with van der Waals surface area (Å²) in [6.07, 6.45) is 3.23. The fourth-order valence-corrected chi connectivity index (χ4v) is 2.13. The summed E-state index contributed by atoms with van der Waals surface area (Å²) in [7, 11) is 0. The molecule has 0 spiro atoms. The van der Waals surface area contributed by atoms with Crippen molar-refractivity contribution in [3.63, 3.8) is 0 Å². The van der Waals surface area contributed by atoms with E-state index in [2.05, 4.69) is 4.98 Å². The lowest BCUT2D eigenvalue weighted by Gasteiger charge is -2.10. The van der Waals surface area contributed by atoms with Crippen LogP contribution in [0.25, 0.3) is 0 Å². The van der Waals surface area contributed by atoms with E-state index in [1.165, 1.54) is 6.07 Å². The van der Waals surface area contributed by atoms with Crippen LogP contribution in [0, 0.1) is 0 Å². The van der Waals surface area contributed by atoms with Gasteiger partial charge < -0.3 is 15.4 Å². The summed E-state index contributed by atoms with van der Waals surface area (Å²) in [4.78, 5) is 36.0. The minimum atomic E-state index is -0.969. The van der Waals surface area contributed by atoms with Crippen molar-refractivity contribution in [1.29, 1.82) is 0 Å². The molecule has 0 aliphatic rings. The summed E-state index contributed by atoms with van der Waals surface area (Å²) in [5.41, 5.74) is 4.63. The molecule has 0 saturated heterocycles. The lowest BCUT2D eigenvalue weighted by atomic mass is 10.2. The third-order valence-corrected chi connectivity index (χ3v) is 3.22. The molecule has 1 heterocycles. The molecule has 1 aromatic heterocycles. The second-order valence-electron chi connectivity index (χ2n) is 3.85. The zero-order chi connectivity index (χ0) is 14.3. The van der Waals surface area contributed by atoms with E-state index in [4.69, 9.17) is 10.8 Å². The summed E-state index contributed by atoms with van der Waals surface area (Å²) in [5, 5.41) is 8.99. The number of nitrogens with two attached hydrogens (primary N) is 1. The maximum Gasteiger partial charge on any atom is 0.313 e. The number of aromatic nitrogens is 2. The van der Waals surface area contributed by atoms with Gasteiger partial charge in [0, 0.05) is 25.2 Å². The van der Waals surface area contributed by atoms with Gasteiger partial charge in [-0.2, -0.15) is 4.98 Å². The van der Waals surface area contributed by atoms with Gasteiger partial charge in [-0.15, -0.1) is 0 Å². The highest BCUT2D eigenvalue weighted by Gasteiger charge is 2.07. The SMILES string of the molecule is NC(=O)CCCCn1ccc(=O)nc1SCC(=O)O. The second kappa shape index (κ2) is 7.57. The topological polar surface area (TPSA) is 115 Å². The van der Waals surface area contributed by atoms with Gasteiger partial charge in [-0.1, -0.05) is 11.8 Å². The van der Waals surface area contributed by atoms with E-state index in [0.29, 0.717) is 31.0 Å². The van der Waals surface area contributed by atoms with Crippen LogP contribution >= 0.6 is 11.8 Å². The first-order valence-electron chi connectivity index (χ1n) is 5.69. The standard InChI is InChI=1S/C11H15N3O4S/c12-8(15)3-1-2-5-14-6-4-9(16)13-11(14)19-7-10(17)18/h4,6H,1-3,5,7H2,(H2,12,15)(H,17,18). The lowest BCUT2D eigenvalue weighted by Crippen LogP contribution is -2.15. The van der Waals surface area contributed by atoms with Crippen LogP contribution in [0.15, 0.2) is 22.2 Å².